The van der Waals surface area contributed by atoms with E-state index in [-0.39, 0.29) is 0 Å². The van der Waals surface area contributed by atoms with Crippen LogP contribution in [-0.4, -0.2) is 85.3 Å². The Labute approximate surface area is 92.5 Å². The molecule has 1 atom stereocenters. The molecule has 0 saturated carbocycles. The van der Waals surface area contributed by atoms with Gasteiger partial charge in [0.1, 0.15) is 0 Å². The maximum Gasteiger partial charge on any atom is 0.0558 e. The van der Waals surface area contributed by atoms with Gasteiger partial charge in [0, 0.05) is 45.3 Å². The predicted molar refractivity (Wildman–Crippen MR) is 61.0 cm³/mol. The van der Waals surface area contributed by atoms with Gasteiger partial charge in [-0.15, -0.1) is 0 Å². The molecule has 4 heteroatoms. The summed E-state index contributed by atoms with van der Waals surface area (Å²) in [6, 6.07) is 0.741. The highest BCUT2D eigenvalue weighted by molar-refractivity contribution is 4.85. The molecule has 2 aliphatic rings. The summed E-state index contributed by atoms with van der Waals surface area (Å²) < 4.78 is 0. The molecule has 0 radical (unpaired) electrons. The van der Waals surface area contributed by atoms with Crippen LogP contribution in [-0.2, 0) is 0 Å². The lowest BCUT2D eigenvalue weighted by molar-refractivity contribution is 0.111. The van der Waals surface area contributed by atoms with Gasteiger partial charge in [-0.05, 0) is 20.0 Å². The van der Waals surface area contributed by atoms with Gasteiger partial charge in [0.05, 0.1) is 6.61 Å². The number of piperazine rings is 1. The Morgan fingerprint density at radius 2 is 1.87 bits per heavy atom. The fraction of sp³-hybridized carbons (Fsp3) is 1.00. The predicted octanol–water partition coefficient (Wildman–Crippen LogP) is -0.700. The smallest absolute Gasteiger partial charge is 0.0558 e. The van der Waals surface area contributed by atoms with Crippen molar-refractivity contribution < 1.29 is 5.11 Å². The van der Waals surface area contributed by atoms with E-state index in [4.69, 9.17) is 5.11 Å². The van der Waals surface area contributed by atoms with Gasteiger partial charge in [0.15, 0.2) is 0 Å². The molecule has 1 N–H and O–H groups in total. The first-order valence-corrected chi connectivity index (χ1v) is 6.05. The van der Waals surface area contributed by atoms with E-state index in [0.717, 1.165) is 25.7 Å². The lowest BCUT2D eigenvalue weighted by atomic mass is 10.2. The van der Waals surface area contributed by atoms with Crippen molar-refractivity contribution in [3.63, 3.8) is 0 Å². The zero-order valence-corrected chi connectivity index (χ0v) is 9.73. The van der Waals surface area contributed by atoms with Crippen molar-refractivity contribution in [1.82, 2.24) is 14.7 Å². The van der Waals surface area contributed by atoms with Gasteiger partial charge in [-0.1, -0.05) is 0 Å². The highest BCUT2D eigenvalue weighted by atomic mass is 16.3. The van der Waals surface area contributed by atoms with Crippen LogP contribution < -0.4 is 0 Å². The molecule has 0 aliphatic carbocycles. The molecule has 88 valence electrons. The van der Waals surface area contributed by atoms with E-state index in [1.54, 1.807) is 0 Å². The summed E-state index contributed by atoms with van der Waals surface area (Å²) in [5, 5.41) is 8.90. The molecule has 0 aromatic rings. The molecule has 2 rings (SSSR count). The van der Waals surface area contributed by atoms with E-state index >= 15 is 0 Å². The van der Waals surface area contributed by atoms with E-state index in [1.807, 2.05) is 0 Å². The summed E-state index contributed by atoms with van der Waals surface area (Å²) in [5.74, 6) is 0. The SMILES string of the molecule is CN1CCN(C2CCN(CCO)C2)CC1. The molecular formula is C11H23N3O. The normalized spacial score (nSPS) is 31.2. The van der Waals surface area contributed by atoms with Gasteiger partial charge in [0.25, 0.3) is 0 Å². The summed E-state index contributed by atoms with van der Waals surface area (Å²) in [6.07, 6.45) is 1.28. The van der Waals surface area contributed by atoms with Gasteiger partial charge >= 0.3 is 0 Å². The third kappa shape index (κ3) is 2.91. The van der Waals surface area contributed by atoms with Crippen molar-refractivity contribution in [2.75, 3.05) is 59.5 Å². The first-order chi connectivity index (χ1) is 7.29. The number of likely N-dealkylation sites (N-methyl/N-ethyl adjacent to an activating group) is 1. The largest absolute Gasteiger partial charge is 0.395 e. The molecule has 0 spiro atoms. The second kappa shape index (κ2) is 5.25. The van der Waals surface area contributed by atoms with Crippen molar-refractivity contribution in [2.45, 2.75) is 12.5 Å². The Hall–Kier alpha value is -0.160. The van der Waals surface area contributed by atoms with Gasteiger partial charge in [0.2, 0.25) is 0 Å². The Morgan fingerprint density at radius 1 is 1.13 bits per heavy atom. The molecule has 2 fully saturated rings. The molecule has 0 amide bonds. The number of likely N-dealkylation sites (tertiary alicyclic amines) is 1. The summed E-state index contributed by atoms with van der Waals surface area (Å²) in [7, 11) is 2.20. The average molecular weight is 213 g/mol. The van der Waals surface area contributed by atoms with Crippen molar-refractivity contribution in [3.8, 4) is 0 Å². The molecular weight excluding hydrogens is 190 g/mol. The van der Waals surface area contributed by atoms with Crippen LogP contribution in [0.3, 0.4) is 0 Å². The highest BCUT2D eigenvalue weighted by Crippen LogP contribution is 2.16. The number of rotatable bonds is 3. The third-order valence-electron chi connectivity index (χ3n) is 3.72. The van der Waals surface area contributed by atoms with Crippen molar-refractivity contribution in [3.05, 3.63) is 0 Å². The first kappa shape index (κ1) is 11.3. The lowest BCUT2D eigenvalue weighted by Crippen LogP contribution is -2.49. The van der Waals surface area contributed by atoms with E-state index < -0.39 is 0 Å². The summed E-state index contributed by atoms with van der Waals surface area (Å²) in [4.78, 5) is 7.40. The molecule has 0 aromatic heterocycles. The highest BCUT2D eigenvalue weighted by Gasteiger charge is 2.28. The van der Waals surface area contributed by atoms with Gasteiger partial charge < -0.3 is 10.0 Å². The van der Waals surface area contributed by atoms with E-state index in [2.05, 4.69) is 21.7 Å². The Morgan fingerprint density at radius 3 is 2.53 bits per heavy atom. The van der Waals surface area contributed by atoms with Crippen LogP contribution in [0.1, 0.15) is 6.42 Å². The number of aliphatic hydroxyl groups is 1. The van der Waals surface area contributed by atoms with Crippen LogP contribution in [0, 0.1) is 0 Å². The third-order valence-corrected chi connectivity index (χ3v) is 3.72. The summed E-state index contributed by atoms with van der Waals surface area (Å²) in [6.45, 7) is 8.32. The van der Waals surface area contributed by atoms with Crippen molar-refractivity contribution in [2.24, 2.45) is 0 Å². The number of aliphatic hydroxyl groups excluding tert-OH is 1. The zero-order chi connectivity index (χ0) is 10.7. The molecule has 2 saturated heterocycles. The van der Waals surface area contributed by atoms with Gasteiger partial charge in [-0.25, -0.2) is 0 Å². The fourth-order valence-electron chi connectivity index (χ4n) is 2.64. The van der Waals surface area contributed by atoms with Crippen molar-refractivity contribution in [1.29, 1.82) is 0 Å². The number of nitrogens with zero attached hydrogens (tertiary/aromatic N) is 3. The standard InChI is InChI=1S/C11H23N3O/c1-12-4-6-14(7-5-12)11-2-3-13(10-11)8-9-15/h11,15H,2-10H2,1H3. The number of β-amino-alcohol motifs (C(OH)–C–C–N with tert-alkyl or cyclic N) is 1. The lowest BCUT2D eigenvalue weighted by Gasteiger charge is -2.36. The van der Waals surface area contributed by atoms with Gasteiger partial charge in [-0.2, -0.15) is 0 Å². The molecule has 15 heavy (non-hydrogen) atoms. The van der Waals surface area contributed by atoms with Crippen LogP contribution in [0.4, 0.5) is 0 Å². The Bertz CT molecular complexity index is 192. The molecule has 0 bridgehead atoms. The van der Waals surface area contributed by atoms with E-state index in [0.29, 0.717) is 6.61 Å². The summed E-state index contributed by atoms with van der Waals surface area (Å²) in [5.41, 5.74) is 0. The topological polar surface area (TPSA) is 30.0 Å². The van der Waals surface area contributed by atoms with Crippen LogP contribution >= 0.6 is 0 Å². The van der Waals surface area contributed by atoms with Crippen molar-refractivity contribution >= 4 is 0 Å². The average Bonchev–Trinajstić information content (AvgIpc) is 2.68. The van der Waals surface area contributed by atoms with Crippen LogP contribution in [0.15, 0.2) is 0 Å². The summed E-state index contributed by atoms with van der Waals surface area (Å²) >= 11 is 0. The molecule has 2 aliphatic heterocycles. The minimum absolute atomic E-state index is 0.301. The quantitative estimate of drug-likeness (QED) is 0.671. The molecule has 0 aromatic carbocycles. The number of hydrogen-bond donors (Lipinski definition) is 1. The minimum atomic E-state index is 0.301. The Kier molecular flexibility index (Phi) is 3.97. The van der Waals surface area contributed by atoms with E-state index in [1.165, 1.54) is 32.6 Å². The Balaban J connectivity index is 1.75. The van der Waals surface area contributed by atoms with Crippen LogP contribution in [0.25, 0.3) is 0 Å². The second-order valence-electron chi connectivity index (χ2n) is 4.81. The molecule has 2 heterocycles. The monoisotopic (exact) mass is 213 g/mol. The van der Waals surface area contributed by atoms with Gasteiger partial charge in [-0.3, -0.25) is 9.80 Å². The number of hydrogen-bond acceptors (Lipinski definition) is 4. The first-order valence-electron chi connectivity index (χ1n) is 6.05. The van der Waals surface area contributed by atoms with Crippen LogP contribution in [0.5, 0.6) is 0 Å². The fourth-order valence-corrected chi connectivity index (χ4v) is 2.64. The maximum atomic E-state index is 8.90. The second-order valence-corrected chi connectivity index (χ2v) is 4.81. The maximum absolute atomic E-state index is 8.90. The molecule has 4 nitrogen and oxygen atoms in total. The zero-order valence-electron chi connectivity index (χ0n) is 9.73. The minimum Gasteiger partial charge on any atom is -0.395 e. The molecule has 1 unspecified atom stereocenters. The van der Waals surface area contributed by atoms with Crippen LogP contribution in [0.2, 0.25) is 0 Å². The van der Waals surface area contributed by atoms with E-state index in [9.17, 15) is 0 Å².